The van der Waals surface area contributed by atoms with Gasteiger partial charge in [0.25, 0.3) is 0 Å². The van der Waals surface area contributed by atoms with Crippen LogP contribution in [-0.4, -0.2) is 5.10 Å². The molecule has 0 unspecified atom stereocenters. The standard InChI is InChI=1S/C9H14N2.V.Y/c1-6(2)8-5-10-11-9(8)7(3)4;;/h6-7H,1-4H3;;/q-2;;. The van der Waals surface area contributed by atoms with E-state index in [1.54, 1.807) is 0 Å². The molecule has 1 aromatic rings. The summed E-state index contributed by atoms with van der Waals surface area (Å²) >= 11 is 0. The predicted octanol–water partition coefficient (Wildman–Crippen LogP) is 2.08. The normalized spacial score (nSPS) is 9.69. The maximum Gasteiger partial charge on any atom is 0 e. The average molecular weight is 290 g/mol. The van der Waals surface area contributed by atoms with Gasteiger partial charge in [0.05, 0.1) is 0 Å². The van der Waals surface area contributed by atoms with Crippen molar-refractivity contribution in [2.45, 2.75) is 39.5 Å². The number of hydrogen-bond donors (Lipinski definition) is 0. The summed E-state index contributed by atoms with van der Waals surface area (Å²) < 4.78 is 0. The molecule has 0 atom stereocenters. The van der Waals surface area contributed by atoms with E-state index in [4.69, 9.17) is 0 Å². The van der Waals surface area contributed by atoms with E-state index < -0.39 is 0 Å². The summed E-state index contributed by atoms with van der Waals surface area (Å²) in [5.41, 5.74) is 2.26. The van der Waals surface area contributed by atoms with E-state index in [2.05, 4.69) is 44.1 Å². The average Bonchev–Trinajstić information content (AvgIpc) is 2.32. The molecule has 1 heterocycles. The Morgan fingerprint density at radius 1 is 1.15 bits per heavy atom. The molecule has 0 aliphatic rings. The molecule has 2 nitrogen and oxygen atoms in total. The van der Waals surface area contributed by atoms with E-state index >= 15 is 0 Å². The third-order valence-electron chi connectivity index (χ3n) is 1.73. The number of nitrogens with zero attached hydrogens (tertiary/aromatic N) is 2. The Kier molecular flexibility index (Phi) is 9.08. The van der Waals surface area contributed by atoms with Crippen LogP contribution in [0.15, 0.2) is 0 Å². The minimum absolute atomic E-state index is 0. The number of hydrogen-bond acceptors (Lipinski definition) is 1. The minimum atomic E-state index is 0. The summed E-state index contributed by atoms with van der Waals surface area (Å²) in [6.45, 7) is 8.54. The number of rotatable bonds is 2. The summed E-state index contributed by atoms with van der Waals surface area (Å²) in [6, 6.07) is 0. The first-order valence-electron chi connectivity index (χ1n) is 4.03. The molecule has 0 N–H and O–H groups in total. The quantitative estimate of drug-likeness (QED) is 0.780. The van der Waals surface area contributed by atoms with Gasteiger partial charge in [-0.2, -0.15) is 6.20 Å². The largest absolute Gasteiger partial charge is 0.684 e. The van der Waals surface area contributed by atoms with Gasteiger partial charge in [-0.1, -0.05) is 33.6 Å². The van der Waals surface area contributed by atoms with Gasteiger partial charge in [0.2, 0.25) is 0 Å². The van der Waals surface area contributed by atoms with Gasteiger partial charge in [0.15, 0.2) is 0 Å². The van der Waals surface area contributed by atoms with E-state index in [1.807, 2.05) is 0 Å². The second kappa shape index (κ2) is 7.22. The van der Waals surface area contributed by atoms with Crippen LogP contribution in [-0.2, 0) is 51.3 Å². The Balaban J connectivity index is 0. The van der Waals surface area contributed by atoms with Crippen LogP contribution in [0.5, 0.6) is 0 Å². The maximum absolute atomic E-state index is 4.03. The second-order valence-electron chi connectivity index (χ2n) is 3.42. The van der Waals surface area contributed by atoms with E-state index in [-0.39, 0.29) is 51.3 Å². The van der Waals surface area contributed by atoms with Gasteiger partial charge in [-0.25, -0.2) is 5.56 Å². The molecule has 0 bridgehead atoms. The molecule has 0 aliphatic heterocycles. The smallest absolute Gasteiger partial charge is 0 e. The summed E-state index contributed by atoms with van der Waals surface area (Å²) in [6.07, 6.45) is 2.93. The zero-order chi connectivity index (χ0) is 8.43. The zero-order valence-electron chi connectivity index (χ0n) is 8.57. The zero-order valence-corrected chi connectivity index (χ0v) is 12.8. The van der Waals surface area contributed by atoms with Crippen LogP contribution in [0.4, 0.5) is 0 Å². The molecule has 1 aromatic heterocycles. The molecule has 13 heavy (non-hydrogen) atoms. The van der Waals surface area contributed by atoms with Crippen LogP contribution in [0.3, 0.4) is 0 Å². The van der Waals surface area contributed by atoms with Crippen LogP contribution in [0.25, 0.3) is 0 Å². The van der Waals surface area contributed by atoms with Crippen molar-refractivity contribution in [1.29, 1.82) is 0 Å². The fraction of sp³-hybridized carbons (Fsp3) is 0.667. The second-order valence-corrected chi connectivity index (χ2v) is 3.42. The molecule has 4 heteroatoms. The molecule has 0 aromatic carbocycles. The van der Waals surface area contributed by atoms with Crippen LogP contribution in [0, 0.1) is 6.20 Å². The fourth-order valence-corrected chi connectivity index (χ4v) is 1.10. The third-order valence-corrected chi connectivity index (χ3v) is 1.73. The van der Waals surface area contributed by atoms with Crippen molar-refractivity contribution < 1.29 is 51.3 Å². The molecule has 0 saturated carbocycles. The Morgan fingerprint density at radius 2 is 1.69 bits per heavy atom. The van der Waals surface area contributed by atoms with Gasteiger partial charge in [-0.15, -0.1) is 5.92 Å². The van der Waals surface area contributed by atoms with E-state index in [9.17, 15) is 0 Å². The molecule has 2 radical (unpaired) electrons. The fourth-order valence-electron chi connectivity index (χ4n) is 1.10. The Labute approximate surface area is 117 Å². The molecular weight excluding hydrogens is 276 g/mol. The van der Waals surface area contributed by atoms with Crippen molar-refractivity contribution in [3.63, 3.8) is 0 Å². The molecule has 0 fully saturated rings. The van der Waals surface area contributed by atoms with Gasteiger partial charge in [-0.05, 0) is 0 Å². The first-order chi connectivity index (χ1) is 5.13. The van der Waals surface area contributed by atoms with E-state index in [0.29, 0.717) is 11.8 Å². The van der Waals surface area contributed by atoms with Crippen molar-refractivity contribution in [3.8, 4) is 0 Å². The van der Waals surface area contributed by atoms with Gasteiger partial charge < -0.3 is 15.9 Å². The third kappa shape index (κ3) is 4.29. The monoisotopic (exact) mass is 290 g/mol. The van der Waals surface area contributed by atoms with Crippen LogP contribution >= 0.6 is 0 Å². The van der Waals surface area contributed by atoms with Crippen molar-refractivity contribution in [3.05, 3.63) is 17.5 Å². The Morgan fingerprint density at radius 3 is 2.00 bits per heavy atom. The Bertz CT molecular complexity index is 211. The van der Waals surface area contributed by atoms with Crippen LogP contribution in [0.1, 0.15) is 50.8 Å². The van der Waals surface area contributed by atoms with Crippen molar-refractivity contribution in [2.24, 2.45) is 0 Å². The molecule has 1 rings (SSSR count). The summed E-state index contributed by atoms with van der Waals surface area (Å²) in [4.78, 5) is 0. The van der Waals surface area contributed by atoms with Crippen molar-refractivity contribution >= 4 is 0 Å². The molecule has 70 valence electrons. The first kappa shape index (κ1) is 16.3. The topological polar surface area (TPSA) is 27.0 Å². The molecule has 0 amide bonds. The summed E-state index contributed by atoms with van der Waals surface area (Å²) in [5.74, 6) is 0.952. The summed E-state index contributed by atoms with van der Waals surface area (Å²) in [7, 11) is 0. The van der Waals surface area contributed by atoms with Gasteiger partial charge >= 0.3 is 0 Å². The van der Waals surface area contributed by atoms with E-state index in [1.165, 1.54) is 5.56 Å². The minimum Gasteiger partial charge on any atom is -0.684 e. The van der Waals surface area contributed by atoms with Gasteiger partial charge in [-0.3, -0.25) is 0 Å². The van der Waals surface area contributed by atoms with E-state index in [0.717, 1.165) is 5.69 Å². The predicted molar refractivity (Wildman–Crippen MR) is 44.6 cm³/mol. The van der Waals surface area contributed by atoms with Crippen LogP contribution < -0.4 is 5.10 Å². The molecule has 0 aliphatic carbocycles. The van der Waals surface area contributed by atoms with Gasteiger partial charge in [0.1, 0.15) is 0 Å². The molecule has 0 spiro atoms. The SMILES string of the molecule is CC(C)c1[c-]n[n-]c1C(C)C.[V].[Y]. The Hall–Kier alpha value is 0.898. The van der Waals surface area contributed by atoms with Crippen LogP contribution in [0.2, 0.25) is 0 Å². The van der Waals surface area contributed by atoms with Gasteiger partial charge in [0, 0.05) is 51.3 Å². The molecule has 0 saturated heterocycles. The first-order valence-corrected chi connectivity index (χ1v) is 4.03. The molecular formula is C9H14N2VY-2. The maximum atomic E-state index is 4.03. The summed E-state index contributed by atoms with van der Waals surface area (Å²) in [5, 5.41) is 7.82. The number of aromatic nitrogens is 2. The van der Waals surface area contributed by atoms with Crippen molar-refractivity contribution in [2.75, 3.05) is 0 Å². The van der Waals surface area contributed by atoms with Crippen molar-refractivity contribution in [1.82, 2.24) is 10.2 Å².